The molecule has 0 aliphatic heterocycles. The van der Waals surface area contributed by atoms with Crippen molar-refractivity contribution in [1.82, 2.24) is 0 Å². The molecule has 1 aromatic carbocycles. The third-order valence-electron chi connectivity index (χ3n) is 2.24. The topological polar surface area (TPSA) is 147 Å². The van der Waals surface area contributed by atoms with E-state index in [1.807, 2.05) is 0 Å². The van der Waals surface area contributed by atoms with Gasteiger partial charge in [0.15, 0.2) is 0 Å². The fourth-order valence-electron chi connectivity index (χ4n) is 1.34. The van der Waals surface area contributed by atoms with Crippen LogP contribution in [0.5, 0.6) is 0 Å². The van der Waals surface area contributed by atoms with Gasteiger partial charge in [0.2, 0.25) is 0 Å². The molecule has 0 aromatic heterocycles. The Morgan fingerprint density at radius 2 is 1.20 bits per heavy atom. The van der Waals surface area contributed by atoms with E-state index in [-0.39, 0.29) is 40.6 Å². The number of benzene rings is 1. The molecule has 0 heterocycles. The number of nitrogen functional groups attached to an aromatic ring is 5. The van der Waals surface area contributed by atoms with E-state index in [2.05, 4.69) is 0 Å². The summed E-state index contributed by atoms with van der Waals surface area (Å²) in [6.07, 6.45) is 0.104. The van der Waals surface area contributed by atoms with Crippen LogP contribution in [0.15, 0.2) is 0 Å². The van der Waals surface area contributed by atoms with Crippen LogP contribution in [0.4, 0.5) is 28.4 Å². The number of hydrogen-bond acceptors (Lipinski definition) is 6. The number of carbonyl (C=O) groups is 1. The lowest BCUT2D eigenvalue weighted by atomic mass is 10.0. The summed E-state index contributed by atoms with van der Waals surface area (Å²) in [5.41, 5.74) is 29.7. The van der Waals surface area contributed by atoms with E-state index >= 15 is 0 Å². The van der Waals surface area contributed by atoms with Gasteiger partial charge in [0.25, 0.3) is 0 Å². The summed E-state index contributed by atoms with van der Waals surface area (Å²) in [5.74, 6) is -0.0722. The van der Waals surface area contributed by atoms with Gasteiger partial charge in [-0.05, 0) is 6.92 Å². The van der Waals surface area contributed by atoms with Gasteiger partial charge in [-0.3, -0.25) is 4.79 Å². The molecule has 6 heteroatoms. The summed E-state index contributed by atoms with van der Waals surface area (Å²) >= 11 is 0. The normalized spacial score (nSPS) is 10.2. The predicted octanol–water partition coefficient (Wildman–Crippen LogP) is -0.271. The lowest BCUT2D eigenvalue weighted by molar-refractivity contribution is -0.116. The number of Topliss-reactive ketones (excluding diaryl/α,β-unsaturated/α-hetero) is 1. The zero-order chi connectivity index (χ0) is 11.7. The maximum Gasteiger partial charge on any atom is 0.134 e. The third-order valence-corrected chi connectivity index (χ3v) is 2.24. The molecule has 6 nitrogen and oxygen atoms in total. The van der Waals surface area contributed by atoms with Crippen LogP contribution in [0.2, 0.25) is 0 Å². The lowest BCUT2D eigenvalue weighted by Crippen LogP contribution is -2.13. The molecule has 1 aromatic rings. The van der Waals surface area contributed by atoms with Crippen LogP contribution in [0.25, 0.3) is 0 Å². The first kappa shape index (κ1) is 11.0. The Balaban J connectivity index is 3.45. The van der Waals surface area contributed by atoms with Crippen molar-refractivity contribution < 1.29 is 4.79 Å². The number of ketones is 1. The van der Waals surface area contributed by atoms with E-state index in [4.69, 9.17) is 28.7 Å². The van der Waals surface area contributed by atoms with Crippen molar-refractivity contribution in [1.29, 1.82) is 0 Å². The van der Waals surface area contributed by atoms with Crippen molar-refractivity contribution in [2.24, 2.45) is 0 Å². The Morgan fingerprint density at radius 3 is 1.53 bits per heavy atom. The first-order chi connectivity index (χ1) is 6.86. The summed E-state index contributed by atoms with van der Waals surface area (Å²) in [6, 6.07) is 0. The summed E-state index contributed by atoms with van der Waals surface area (Å²) in [6.45, 7) is 1.43. The number of rotatable bonds is 2. The monoisotopic (exact) mass is 209 g/mol. The van der Waals surface area contributed by atoms with Crippen LogP contribution in [0.1, 0.15) is 12.5 Å². The quantitative estimate of drug-likeness (QED) is 0.423. The Morgan fingerprint density at radius 1 is 0.867 bits per heavy atom. The molecular formula is C9H15N5O. The molecule has 0 saturated carbocycles. The highest BCUT2D eigenvalue weighted by atomic mass is 16.1. The molecule has 0 amide bonds. The Labute approximate surface area is 87.4 Å². The largest absolute Gasteiger partial charge is 0.397 e. The molecular weight excluding hydrogens is 194 g/mol. The van der Waals surface area contributed by atoms with Gasteiger partial charge >= 0.3 is 0 Å². The van der Waals surface area contributed by atoms with Crippen molar-refractivity contribution in [3.8, 4) is 0 Å². The Kier molecular flexibility index (Phi) is 2.61. The van der Waals surface area contributed by atoms with Crippen LogP contribution in [-0.2, 0) is 11.2 Å². The van der Waals surface area contributed by atoms with E-state index in [1.54, 1.807) is 0 Å². The van der Waals surface area contributed by atoms with Crippen molar-refractivity contribution in [2.75, 3.05) is 28.7 Å². The molecule has 0 atom stereocenters. The highest BCUT2D eigenvalue weighted by molar-refractivity contribution is 5.98. The highest BCUT2D eigenvalue weighted by Crippen LogP contribution is 2.38. The van der Waals surface area contributed by atoms with E-state index in [0.717, 1.165) is 0 Å². The summed E-state index contributed by atoms with van der Waals surface area (Å²) in [7, 11) is 0. The van der Waals surface area contributed by atoms with Crippen molar-refractivity contribution in [3.05, 3.63) is 5.56 Å². The minimum Gasteiger partial charge on any atom is -0.397 e. The Bertz CT molecular complexity index is 398. The second-order valence-electron chi connectivity index (χ2n) is 3.43. The van der Waals surface area contributed by atoms with E-state index in [9.17, 15) is 4.79 Å². The minimum absolute atomic E-state index is 0.0722. The zero-order valence-electron chi connectivity index (χ0n) is 8.50. The van der Waals surface area contributed by atoms with Gasteiger partial charge in [0.05, 0.1) is 28.4 Å². The summed E-state index contributed by atoms with van der Waals surface area (Å²) < 4.78 is 0. The molecule has 0 aliphatic rings. The van der Waals surface area contributed by atoms with Crippen LogP contribution in [-0.4, -0.2) is 5.78 Å². The van der Waals surface area contributed by atoms with Crippen LogP contribution >= 0.6 is 0 Å². The van der Waals surface area contributed by atoms with Crippen molar-refractivity contribution >= 4 is 34.2 Å². The first-order valence-corrected chi connectivity index (χ1v) is 4.35. The standard InChI is InChI=1S/C9H15N5O/c1-3(15)2-4-5(10)7(12)9(14)8(13)6(4)11/h2,10-14H2,1H3. The molecule has 82 valence electrons. The second kappa shape index (κ2) is 3.56. The van der Waals surface area contributed by atoms with Gasteiger partial charge in [0.1, 0.15) is 5.78 Å². The van der Waals surface area contributed by atoms with Gasteiger partial charge in [-0.15, -0.1) is 0 Å². The van der Waals surface area contributed by atoms with Gasteiger partial charge in [-0.1, -0.05) is 0 Å². The summed E-state index contributed by atoms with van der Waals surface area (Å²) in [4.78, 5) is 11.0. The SMILES string of the molecule is CC(=O)Cc1c(N)c(N)c(N)c(N)c1N. The number of hydrogen-bond donors (Lipinski definition) is 5. The third kappa shape index (κ3) is 1.74. The predicted molar refractivity (Wildman–Crippen MR) is 62.9 cm³/mol. The summed E-state index contributed by atoms with van der Waals surface area (Å²) in [5, 5.41) is 0. The average molecular weight is 209 g/mol. The molecule has 0 fully saturated rings. The number of carbonyl (C=O) groups excluding carboxylic acids is 1. The fraction of sp³-hybridized carbons (Fsp3) is 0.222. The van der Waals surface area contributed by atoms with E-state index < -0.39 is 0 Å². The van der Waals surface area contributed by atoms with Crippen molar-refractivity contribution in [2.45, 2.75) is 13.3 Å². The second-order valence-corrected chi connectivity index (χ2v) is 3.43. The zero-order valence-corrected chi connectivity index (χ0v) is 8.50. The molecule has 0 aliphatic carbocycles. The molecule has 0 saturated heterocycles. The molecule has 0 unspecified atom stereocenters. The number of nitrogens with two attached hydrogens (primary N) is 5. The van der Waals surface area contributed by atoms with E-state index in [0.29, 0.717) is 5.56 Å². The van der Waals surface area contributed by atoms with Crippen molar-refractivity contribution in [3.63, 3.8) is 0 Å². The molecule has 0 radical (unpaired) electrons. The van der Waals surface area contributed by atoms with Crippen LogP contribution < -0.4 is 28.7 Å². The van der Waals surface area contributed by atoms with E-state index in [1.165, 1.54) is 6.92 Å². The maximum absolute atomic E-state index is 11.0. The molecule has 0 bridgehead atoms. The smallest absolute Gasteiger partial charge is 0.134 e. The minimum atomic E-state index is -0.0722. The average Bonchev–Trinajstić information content (AvgIpc) is 2.18. The Hall–Kier alpha value is -2.11. The highest BCUT2D eigenvalue weighted by Gasteiger charge is 2.16. The van der Waals surface area contributed by atoms with Crippen LogP contribution in [0.3, 0.4) is 0 Å². The molecule has 1 rings (SSSR count). The van der Waals surface area contributed by atoms with Gasteiger partial charge in [0, 0.05) is 12.0 Å². The maximum atomic E-state index is 11.0. The fourth-order valence-corrected chi connectivity index (χ4v) is 1.34. The molecule has 10 N–H and O–H groups in total. The van der Waals surface area contributed by atoms with Crippen LogP contribution in [0, 0.1) is 0 Å². The lowest BCUT2D eigenvalue weighted by Gasteiger charge is -2.15. The van der Waals surface area contributed by atoms with Gasteiger partial charge in [-0.25, -0.2) is 0 Å². The molecule has 15 heavy (non-hydrogen) atoms. The van der Waals surface area contributed by atoms with Gasteiger partial charge < -0.3 is 28.7 Å². The number of anilines is 5. The molecule has 0 spiro atoms. The first-order valence-electron chi connectivity index (χ1n) is 4.35. The van der Waals surface area contributed by atoms with Gasteiger partial charge in [-0.2, -0.15) is 0 Å².